The summed E-state index contributed by atoms with van der Waals surface area (Å²) in [6.45, 7) is 1.75. The van der Waals surface area contributed by atoms with E-state index in [0.29, 0.717) is 5.75 Å². The van der Waals surface area contributed by atoms with Crippen molar-refractivity contribution in [3.8, 4) is 0 Å². The Balaban J connectivity index is 3.85. The van der Waals surface area contributed by atoms with Crippen LogP contribution >= 0.6 is 0 Å². The SMILES string of the molecule is CC[S@@](C)(=N)=O. The highest BCUT2D eigenvalue weighted by molar-refractivity contribution is 7.91. The molecule has 0 aromatic carbocycles. The number of rotatable bonds is 1. The number of hydrogen-bond acceptors (Lipinski definition) is 2. The molecule has 6 heavy (non-hydrogen) atoms. The fourth-order valence-corrected chi connectivity index (χ4v) is 0. The lowest BCUT2D eigenvalue weighted by Gasteiger charge is -1.86. The molecule has 1 N–H and O–H groups in total. The first-order chi connectivity index (χ1) is 2.56. The minimum atomic E-state index is -2.16. The Bertz CT molecular complexity index is 113. The van der Waals surface area contributed by atoms with Crippen molar-refractivity contribution in [3.05, 3.63) is 0 Å². The zero-order valence-electron chi connectivity index (χ0n) is 4.02. The van der Waals surface area contributed by atoms with Crippen LogP contribution in [0.5, 0.6) is 0 Å². The largest absolute Gasteiger partial charge is 0.253 e. The van der Waals surface area contributed by atoms with Crippen molar-refractivity contribution < 1.29 is 4.21 Å². The van der Waals surface area contributed by atoms with Gasteiger partial charge in [-0.2, -0.15) is 0 Å². The van der Waals surface area contributed by atoms with E-state index in [0.717, 1.165) is 0 Å². The first-order valence-corrected chi connectivity index (χ1v) is 3.91. The molecule has 0 heterocycles. The van der Waals surface area contributed by atoms with E-state index in [1.807, 2.05) is 0 Å². The van der Waals surface area contributed by atoms with Gasteiger partial charge in [-0.1, -0.05) is 6.92 Å². The monoisotopic (exact) mass is 107 g/mol. The summed E-state index contributed by atoms with van der Waals surface area (Å²) in [5, 5.41) is 0. The van der Waals surface area contributed by atoms with Gasteiger partial charge in [-0.15, -0.1) is 0 Å². The topological polar surface area (TPSA) is 40.9 Å². The molecule has 0 fully saturated rings. The molecule has 0 saturated heterocycles. The lowest BCUT2D eigenvalue weighted by Crippen LogP contribution is -1.94. The number of hydrogen-bond donors (Lipinski definition) is 1. The minimum Gasteiger partial charge on any atom is -0.253 e. The maximum atomic E-state index is 10.2. The van der Waals surface area contributed by atoms with E-state index in [9.17, 15) is 4.21 Å². The fraction of sp³-hybridized carbons (Fsp3) is 1.00. The maximum absolute atomic E-state index is 10.2. The summed E-state index contributed by atoms with van der Waals surface area (Å²) in [7, 11) is -2.16. The molecule has 38 valence electrons. The Hall–Kier alpha value is -0.0500. The summed E-state index contributed by atoms with van der Waals surface area (Å²) in [4.78, 5) is 0. The van der Waals surface area contributed by atoms with E-state index < -0.39 is 9.73 Å². The van der Waals surface area contributed by atoms with Gasteiger partial charge in [-0.3, -0.25) is 8.99 Å². The van der Waals surface area contributed by atoms with Gasteiger partial charge in [0.05, 0.1) is 0 Å². The van der Waals surface area contributed by atoms with Gasteiger partial charge >= 0.3 is 0 Å². The number of nitrogens with one attached hydrogen (secondary N) is 1. The molecular weight excluding hydrogens is 98.1 g/mol. The molecule has 0 unspecified atom stereocenters. The molecular formula is C3H9NOS. The Morgan fingerprint density at radius 1 is 1.83 bits per heavy atom. The molecule has 0 spiro atoms. The molecule has 3 heteroatoms. The zero-order chi connectivity index (χ0) is 5.21. The summed E-state index contributed by atoms with van der Waals surface area (Å²) in [6.07, 6.45) is 1.44. The van der Waals surface area contributed by atoms with Crippen LogP contribution in [0.25, 0.3) is 0 Å². The van der Waals surface area contributed by atoms with Crippen LogP contribution in [-0.2, 0) is 9.73 Å². The molecule has 0 bridgehead atoms. The van der Waals surface area contributed by atoms with E-state index in [1.54, 1.807) is 6.92 Å². The molecule has 1 atom stereocenters. The molecule has 0 aliphatic carbocycles. The van der Waals surface area contributed by atoms with Gasteiger partial charge in [0.15, 0.2) is 0 Å². The standard InChI is InChI=1S/C3H9NOS/c1-3-6(2,4)5/h4H,3H2,1-2H3/t6-/m0/s1. The molecule has 0 amide bonds. The van der Waals surface area contributed by atoms with Crippen molar-refractivity contribution in [3.63, 3.8) is 0 Å². The first kappa shape index (κ1) is 5.95. The van der Waals surface area contributed by atoms with Crippen LogP contribution in [0.1, 0.15) is 6.92 Å². The Kier molecular flexibility index (Phi) is 1.59. The predicted octanol–water partition coefficient (Wildman–Crippen LogP) is 0.683. The highest BCUT2D eigenvalue weighted by atomic mass is 32.2. The molecule has 0 aliphatic rings. The van der Waals surface area contributed by atoms with Crippen molar-refractivity contribution in [2.24, 2.45) is 0 Å². The highest BCUT2D eigenvalue weighted by Crippen LogP contribution is 1.77. The highest BCUT2D eigenvalue weighted by Gasteiger charge is 1.85. The third-order valence-corrected chi connectivity index (χ3v) is 1.65. The summed E-state index contributed by atoms with van der Waals surface area (Å²) >= 11 is 0. The summed E-state index contributed by atoms with van der Waals surface area (Å²) in [5.41, 5.74) is 0. The van der Waals surface area contributed by atoms with Crippen LogP contribution in [0.3, 0.4) is 0 Å². The van der Waals surface area contributed by atoms with Gasteiger partial charge in [0, 0.05) is 21.7 Å². The van der Waals surface area contributed by atoms with Crippen LogP contribution in [0.15, 0.2) is 0 Å². The van der Waals surface area contributed by atoms with Crippen LogP contribution in [-0.4, -0.2) is 16.2 Å². The van der Waals surface area contributed by atoms with E-state index in [2.05, 4.69) is 0 Å². The van der Waals surface area contributed by atoms with E-state index in [-0.39, 0.29) is 0 Å². The maximum Gasteiger partial charge on any atom is 0.0409 e. The molecule has 0 saturated carbocycles. The molecule has 0 aliphatic heterocycles. The second-order valence-corrected chi connectivity index (χ2v) is 3.88. The zero-order valence-corrected chi connectivity index (χ0v) is 4.84. The molecule has 0 rings (SSSR count). The van der Waals surface area contributed by atoms with Crippen LogP contribution < -0.4 is 0 Å². The van der Waals surface area contributed by atoms with Crippen molar-refractivity contribution in [2.75, 3.05) is 12.0 Å². The molecule has 0 aromatic heterocycles. The van der Waals surface area contributed by atoms with Crippen LogP contribution in [0.4, 0.5) is 0 Å². The van der Waals surface area contributed by atoms with Crippen LogP contribution in [0.2, 0.25) is 0 Å². The predicted molar refractivity (Wildman–Crippen MR) is 27.3 cm³/mol. The van der Waals surface area contributed by atoms with Gasteiger partial charge in [0.25, 0.3) is 0 Å². The van der Waals surface area contributed by atoms with E-state index in [1.165, 1.54) is 6.26 Å². The van der Waals surface area contributed by atoms with Gasteiger partial charge in [0.1, 0.15) is 0 Å². The Morgan fingerprint density at radius 2 is 2.00 bits per heavy atom. The van der Waals surface area contributed by atoms with Gasteiger partial charge in [-0.25, -0.2) is 0 Å². The summed E-state index contributed by atoms with van der Waals surface area (Å²) in [5.74, 6) is 0.465. The van der Waals surface area contributed by atoms with Crippen molar-refractivity contribution in [1.82, 2.24) is 0 Å². The van der Waals surface area contributed by atoms with Gasteiger partial charge in [-0.05, 0) is 0 Å². The molecule has 2 nitrogen and oxygen atoms in total. The van der Waals surface area contributed by atoms with Gasteiger partial charge in [0.2, 0.25) is 0 Å². The van der Waals surface area contributed by atoms with Crippen molar-refractivity contribution >= 4 is 9.73 Å². The third-order valence-electron chi connectivity index (χ3n) is 0.551. The summed E-state index contributed by atoms with van der Waals surface area (Å²) in [6, 6.07) is 0. The fourth-order valence-electron chi connectivity index (χ4n) is 0. The first-order valence-electron chi connectivity index (χ1n) is 1.77. The molecule has 0 radical (unpaired) electrons. The Labute approximate surface area is 38.5 Å². The van der Waals surface area contributed by atoms with Crippen LogP contribution in [0, 0.1) is 4.78 Å². The lowest BCUT2D eigenvalue weighted by atomic mass is 11.0. The lowest BCUT2D eigenvalue weighted by molar-refractivity contribution is 0.679. The normalized spacial score (nSPS) is 19.7. The second kappa shape index (κ2) is 1.60. The summed E-state index contributed by atoms with van der Waals surface area (Å²) < 4.78 is 16.9. The van der Waals surface area contributed by atoms with E-state index >= 15 is 0 Å². The second-order valence-electron chi connectivity index (χ2n) is 1.29. The molecule has 0 aromatic rings. The smallest absolute Gasteiger partial charge is 0.0409 e. The minimum absolute atomic E-state index is 0.465. The third kappa shape index (κ3) is 3.95. The van der Waals surface area contributed by atoms with Gasteiger partial charge < -0.3 is 0 Å². The average molecular weight is 107 g/mol. The van der Waals surface area contributed by atoms with E-state index in [4.69, 9.17) is 4.78 Å². The average Bonchev–Trinajstić information content (AvgIpc) is 1.35. The quantitative estimate of drug-likeness (QED) is 0.526. The van der Waals surface area contributed by atoms with Crippen molar-refractivity contribution in [1.29, 1.82) is 4.78 Å². The Morgan fingerprint density at radius 3 is 2.00 bits per heavy atom. The van der Waals surface area contributed by atoms with Crippen molar-refractivity contribution in [2.45, 2.75) is 6.92 Å².